The monoisotopic (exact) mass is 281 g/mol. The van der Waals surface area contributed by atoms with Gasteiger partial charge >= 0.3 is 0 Å². The van der Waals surface area contributed by atoms with Crippen molar-refractivity contribution in [2.45, 2.75) is 13.3 Å². The molecule has 21 heavy (non-hydrogen) atoms. The Bertz CT molecular complexity index is 808. The lowest BCUT2D eigenvalue weighted by atomic mass is 10.1. The number of para-hydroxylation sites is 1. The Morgan fingerprint density at radius 3 is 2.95 bits per heavy atom. The van der Waals surface area contributed by atoms with E-state index in [0.29, 0.717) is 22.7 Å². The molecular weight excluding hydrogens is 266 g/mol. The van der Waals surface area contributed by atoms with Crippen LogP contribution in [0.25, 0.3) is 11.0 Å². The number of carbonyl (C=O) groups is 1. The predicted molar refractivity (Wildman–Crippen MR) is 81.9 cm³/mol. The van der Waals surface area contributed by atoms with E-state index in [1.807, 2.05) is 43.3 Å². The Kier molecular flexibility index (Phi) is 3.31. The Labute approximate surface area is 121 Å². The first-order valence-corrected chi connectivity index (χ1v) is 6.63. The Morgan fingerprint density at radius 1 is 1.29 bits per heavy atom. The second kappa shape index (κ2) is 5.28. The quantitative estimate of drug-likeness (QED) is 0.723. The summed E-state index contributed by atoms with van der Waals surface area (Å²) < 4.78 is 5.19. The van der Waals surface area contributed by atoms with Gasteiger partial charge in [-0.3, -0.25) is 4.79 Å². The van der Waals surface area contributed by atoms with Crippen molar-refractivity contribution in [1.29, 1.82) is 0 Å². The van der Waals surface area contributed by atoms with E-state index < -0.39 is 0 Å². The van der Waals surface area contributed by atoms with Crippen LogP contribution < -0.4 is 11.1 Å². The highest BCUT2D eigenvalue weighted by Gasteiger charge is 2.13. The summed E-state index contributed by atoms with van der Waals surface area (Å²) >= 11 is 0. The Morgan fingerprint density at radius 2 is 2.10 bits per heavy atom. The average Bonchev–Trinajstić information content (AvgIpc) is 2.86. The number of nitrogens with zero attached hydrogens (tertiary/aromatic N) is 1. The van der Waals surface area contributed by atoms with Gasteiger partial charge in [-0.1, -0.05) is 23.4 Å². The number of hydrogen-bond donors (Lipinski definition) is 2. The molecule has 0 fully saturated rings. The largest absolute Gasteiger partial charge is 0.397 e. The number of benzene rings is 2. The molecule has 106 valence electrons. The van der Waals surface area contributed by atoms with E-state index in [4.69, 9.17) is 10.3 Å². The van der Waals surface area contributed by atoms with Crippen LogP contribution in [0.5, 0.6) is 0 Å². The van der Waals surface area contributed by atoms with Crippen LogP contribution in [-0.2, 0) is 11.2 Å². The molecule has 0 spiro atoms. The second-order valence-corrected chi connectivity index (χ2v) is 4.94. The minimum absolute atomic E-state index is 0.143. The Hall–Kier alpha value is -2.82. The fraction of sp³-hybridized carbons (Fsp3) is 0.125. The summed E-state index contributed by atoms with van der Waals surface area (Å²) in [5, 5.41) is 7.61. The number of nitrogen functional groups attached to an aromatic ring is 1. The fourth-order valence-electron chi connectivity index (χ4n) is 2.19. The molecule has 0 aliphatic carbocycles. The van der Waals surface area contributed by atoms with Crippen LogP contribution in [0.4, 0.5) is 11.4 Å². The molecule has 5 heteroatoms. The maximum Gasteiger partial charge on any atom is 0.230 e. The van der Waals surface area contributed by atoms with Crippen molar-refractivity contribution in [3.63, 3.8) is 0 Å². The van der Waals surface area contributed by atoms with Gasteiger partial charge in [0.2, 0.25) is 5.91 Å². The van der Waals surface area contributed by atoms with Crippen molar-refractivity contribution in [1.82, 2.24) is 5.16 Å². The number of nitrogens with two attached hydrogens (primary N) is 1. The zero-order chi connectivity index (χ0) is 14.8. The second-order valence-electron chi connectivity index (χ2n) is 4.94. The van der Waals surface area contributed by atoms with Crippen LogP contribution in [0.1, 0.15) is 11.3 Å². The topological polar surface area (TPSA) is 81.1 Å². The molecular formula is C16H15N3O2. The molecule has 0 aliphatic heterocycles. The fourth-order valence-corrected chi connectivity index (χ4v) is 2.19. The molecule has 0 atom stereocenters. The van der Waals surface area contributed by atoms with Gasteiger partial charge in [-0.15, -0.1) is 0 Å². The SMILES string of the molecule is Cc1ccc(N)c(NC(=O)Cc2noc3ccccc23)c1. The summed E-state index contributed by atoms with van der Waals surface area (Å²) in [4.78, 5) is 12.1. The number of fused-ring (bicyclic) bond motifs is 1. The first-order chi connectivity index (χ1) is 10.1. The molecule has 0 saturated carbocycles. The van der Waals surface area contributed by atoms with Crippen molar-refractivity contribution < 1.29 is 9.32 Å². The number of hydrogen-bond acceptors (Lipinski definition) is 4. The lowest BCUT2D eigenvalue weighted by molar-refractivity contribution is -0.115. The summed E-state index contributed by atoms with van der Waals surface area (Å²) in [6, 6.07) is 13.0. The first kappa shape index (κ1) is 13.2. The molecule has 1 aromatic heterocycles. The van der Waals surface area contributed by atoms with Crippen LogP contribution in [0.3, 0.4) is 0 Å². The van der Waals surface area contributed by atoms with Crippen molar-refractivity contribution in [2.24, 2.45) is 0 Å². The van der Waals surface area contributed by atoms with Gasteiger partial charge in [0.1, 0.15) is 5.69 Å². The average molecular weight is 281 g/mol. The number of nitrogens with one attached hydrogen (secondary N) is 1. The van der Waals surface area contributed by atoms with E-state index in [0.717, 1.165) is 10.9 Å². The van der Waals surface area contributed by atoms with Crippen molar-refractivity contribution in [3.05, 3.63) is 53.7 Å². The minimum Gasteiger partial charge on any atom is -0.397 e. The molecule has 3 aromatic rings. The number of aryl methyl sites for hydroxylation is 1. The van der Waals surface area contributed by atoms with Gasteiger partial charge in [-0.2, -0.15) is 0 Å². The third-order valence-electron chi connectivity index (χ3n) is 3.26. The highest BCUT2D eigenvalue weighted by Crippen LogP contribution is 2.21. The molecule has 0 aliphatic rings. The molecule has 0 radical (unpaired) electrons. The summed E-state index contributed by atoms with van der Waals surface area (Å²) in [5.41, 5.74) is 9.34. The van der Waals surface area contributed by atoms with Crippen molar-refractivity contribution in [3.8, 4) is 0 Å². The zero-order valence-corrected chi connectivity index (χ0v) is 11.6. The predicted octanol–water partition coefficient (Wildman–Crippen LogP) is 2.90. The van der Waals surface area contributed by atoms with Crippen LogP contribution in [0.2, 0.25) is 0 Å². The third kappa shape index (κ3) is 2.72. The Balaban J connectivity index is 1.79. The lowest BCUT2D eigenvalue weighted by Gasteiger charge is -2.08. The molecule has 1 heterocycles. The molecule has 2 aromatic carbocycles. The highest BCUT2D eigenvalue weighted by atomic mass is 16.5. The molecule has 5 nitrogen and oxygen atoms in total. The van der Waals surface area contributed by atoms with Gasteiger partial charge in [0.25, 0.3) is 0 Å². The van der Waals surface area contributed by atoms with Crippen LogP contribution in [-0.4, -0.2) is 11.1 Å². The minimum atomic E-state index is -0.175. The van der Waals surface area contributed by atoms with E-state index in [2.05, 4.69) is 10.5 Å². The first-order valence-electron chi connectivity index (χ1n) is 6.63. The van der Waals surface area contributed by atoms with Crippen molar-refractivity contribution >= 4 is 28.3 Å². The number of aromatic nitrogens is 1. The van der Waals surface area contributed by atoms with Crippen LogP contribution in [0, 0.1) is 6.92 Å². The number of anilines is 2. The van der Waals surface area contributed by atoms with Gasteiger partial charge in [0.05, 0.1) is 17.8 Å². The maximum absolute atomic E-state index is 12.1. The van der Waals surface area contributed by atoms with Crippen LogP contribution >= 0.6 is 0 Å². The van der Waals surface area contributed by atoms with E-state index >= 15 is 0 Å². The molecule has 0 bridgehead atoms. The smallest absolute Gasteiger partial charge is 0.230 e. The van der Waals surface area contributed by atoms with E-state index in [9.17, 15) is 4.79 Å². The number of amides is 1. The van der Waals surface area contributed by atoms with Gasteiger partial charge in [-0.05, 0) is 36.8 Å². The molecule has 3 rings (SSSR count). The van der Waals surface area contributed by atoms with Gasteiger partial charge in [0, 0.05) is 5.39 Å². The van der Waals surface area contributed by atoms with Gasteiger partial charge in [-0.25, -0.2) is 0 Å². The summed E-state index contributed by atoms with van der Waals surface area (Å²) in [6.45, 7) is 1.94. The lowest BCUT2D eigenvalue weighted by Crippen LogP contribution is -2.15. The zero-order valence-electron chi connectivity index (χ0n) is 11.6. The van der Waals surface area contributed by atoms with Gasteiger partial charge < -0.3 is 15.6 Å². The molecule has 3 N–H and O–H groups in total. The maximum atomic E-state index is 12.1. The normalized spacial score (nSPS) is 10.7. The highest BCUT2D eigenvalue weighted by molar-refractivity contribution is 5.96. The summed E-state index contributed by atoms with van der Waals surface area (Å²) in [7, 11) is 0. The van der Waals surface area contributed by atoms with E-state index in [1.165, 1.54) is 0 Å². The van der Waals surface area contributed by atoms with Gasteiger partial charge in [0.15, 0.2) is 5.58 Å². The molecule has 0 unspecified atom stereocenters. The van der Waals surface area contributed by atoms with Crippen molar-refractivity contribution in [2.75, 3.05) is 11.1 Å². The number of carbonyl (C=O) groups excluding carboxylic acids is 1. The molecule has 1 amide bonds. The summed E-state index contributed by atoms with van der Waals surface area (Å²) in [5.74, 6) is -0.175. The molecule has 0 saturated heterocycles. The van der Waals surface area contributed by atoms with E-state index in [-0.39, 0.29) is 12.3 Å². The van der Waals surface area contributed by atoms with Crippen LogP contribution in [0.15, 0.2) is 47.0 Å². The summed E-state index contributed by atoms with van der Waals surface area (Å²) in [6.07, 6.45) is 0.143. The third-order valence-corrected chi connectivity index (χ3v) is 3.26. The number of rotatable bonds is 3. The van der Waals surface area contributed by atoms with E-state index in [1.54, 1.807) is 6.07 Å². The standard InChI is InChI=1S/C16H15N3O2/c1-10-6-7-12(17)14(8-10)18-16(20)9-13-11-4-2-3-5-15(11)21-19-13/h2-8H,9,17H2,1H3,(H,18,20).